The van der Waals surface area contributed by atoms with Gasteiger partial charge in [0, 0.05) is 24.8 Å². The quantitative estimate of drug-likeness (QED) is 0.900. The van der Waals surface area contributed by atoms with E-state index in [0.717, 1.165) is 18.2 Å². The molecule has 2 heterocycles. The second-order valence-corrected chi connectivity index (χ2v) is 5.45. The second kappa shape index (κ2) is 5.92. The van der Waals surface area contributed by atoms with Crippen LogP contribution in [0.3, 0.4) is 0 Å². The van der Waals surface area contributed by atoms with Crippen molar-refractivity contribution >= 4 is 11.7 Å². The number of benzene rings is 1. The van der Waals surface area contributed by atoms with Crippen LogP contribution in [0.4, 0.5) is 19.3 Å². The van der Waals surface area contributed by atoms with Crippen molar-refractivity contribution in [1.82, 2.24) is 19.9 Å². The Morgan fingerprint density at radius 3 is 2.57 bits per heavy atom. The van der Waals surface area contributed by atoms with Crippen molar-refractivity contribution < 1.29 is 18.7 Å². The number of halogens is 2. The zero-order valence-electron chi connectivity index (χ0n) is 12.3. The van der Waals surface area contributed by atoms with Gasteiger partial charge in [-0.3, -0.25) is 0 Å². The topological polar surface area (TPSA) is 83.3 Å². The largest absolute Gasteiger partial charge is 0.387 e. The Kier molecular flexibility index (Phi) is 3.95. The number of rotatable bonds is 3. The predicted octanol–water partition coefficient (Wildman–Crippen LogP) is 1.70. The molecule has 1 aromatic heterocycles. The first-order chi connectivity index (χ1) is 10.9. The number of hydrogen-bond donors (Lipinski definition) is 2. The van der Waals surface area contributed by atoms with Gasteiger partial charge in [0.1, 0.15) is 17.3 Å². The molecule has 2 amide bonds. The van der Waals surface area contributed by atoms with Crippen molar-refractivity contribution in [2.45, 2.75) is 19.1 Å². The molecule has 2 aromatic rings. The van der Waals surface area contributed by atoms with Gasteiger partial charge in [-0.05, 0) is 19.1 Å². The molecule has 1 aliphatic rings. The van der Waals surface area contributed by atoms with Gasteiger partial charge in [-0.15, -0.1) is 5.10 Å². The monoisotopic (exact) mass is 323 g/mol. The van der Waals surface area contributed by atoms with Crippen LogP contribution in [0, 0.1) is 11.6 Å². The van der Waals surface area contributed by atoms with Gasteiger partial charge in [0.2, 0.25) is 0 Å². The summed E-state index contributed by atoms with van der Waals surface area (Å²) in [5.41, 5.74) is 0.524. The molecule has 0 bridgehead atoms. The van der Waals surface area contributed by atoms with E-state index in [2.05, 4.69) is 15.6 Å². The van der Waals surface area contributed by atoms with E-state index in [1.807, 2.05) is 0 Å². The summed E-state index contributed by atoms with van der Waals surface area (Å²) in [6, 6.07) is 2.35. The lowest BCUT2D eigenvalue weighted by Gasteiger charge is -2.38. The van der Waals surface area contributed by atoms with Gasteiger partial charge in [-0.1, -0.05) is 5.21 Å². The normalized spacial score (nSPS) is 16.1. The molecular weight excluding hydrogens is 308 g/mol. The summed E-state index contributed by atoms with van der Waals surface area (Å²) in [5.74, 6) is -1.51. The maximum absolute atomic E-state index is 13.1. The summed E-state index contributed by atoms with van der Waals surface area (Å²) < 4.78 is 27.8. The molecule has 1 aliphatic heterocycles. The van der Waals surface area contributed by atoms with Gasteiger partial charge in [-0.2, -0.15) is 0 Å². The van der Waals surface area contributed by atoms with Crippen LogP contribution in [0.5, 0.6) is 0 Å². The van der Waals surface area contributed by atoms with E-state index in [1.165, 1.54) is 4.90 Å². The highest BCUT2D eigenvalue weighted by molar-refractivity contribution is 5.89. The van der Waals surface area contributed by atoms with Crippen LogP contribution in [0.1, 0.15) is 24.8 Å². The number of aliphatic hydroxyl groups is 1. The van der Waals surface area contributed by atoms with Crippen molar-refractivity contribution in [1.29, 1.82) is 0 Å². The van der Waals surface area contributed by atoms with Crippen LogP contribution in [-0.2, 0) is 0 Å². The van der Waals surface area contributed by atoms with Crippen molar-refractivity contribution in [2.24, 2.45) is 0 Å². The molecule has 0 aliphatic carbocycles. The highest BCUT2D eigenvalue weighted by Gasteiger charge is 2.33. The van der Waals surface area contributed by atoms with Crippen molar-refractivity contribution in [3.8, 4) is 0 Å². The first-order valence-corrected chi connectivity index (χ1v) is 7.04. The SMILES string of the molecule is C[C@@H](O)c1cn(C2CN(C(=O)Nc3cc(F)cc(F)c3)C2)nn1. The Morgan fingerprint density at radius 1 is 1.35 bits per heavy atom. The lowest BCUT2D eigenvalue weighted by atomic mass is 10.1. The Hall–Kier alpha value is -2.55. The Bertz CT molecular complexity index is 707. The molecule has 9 heteroatoms. The fourth-order valence-electron chi connectivity index (χ4n) is 2.28. The minimum atomic E-state index is -0.755. The van der Waals surface area contributed by atoms with E-state index in [1.54, 1.807) is 17.8 Å². The Labute approximate surface area is 130 Å². The molecule has 1 saturated heterocycles. The molecule has 1 aromatic carbocycles. The molecule has 3 rings (SSSR count). The van der Waals surface area contributed by atoms with Gasteiger partial charge in [-0.25, -0.2) is 18.3 Å². The van der Waals surface area contributed by atoms with Crippen LogP contribution in [0.2, 0.25) is 0 Å². The number of anilines is 1. The maximum atomic E-state index is 13.1. The van der Waals surface area contributed by atoms with E-state index < -0.39 is 23.8 Å². The van der Waals surface area contributed by atoms with Crippen molar-refractivity contribution in [3.05, 3.63) is 41.7 Å². The smallest absolute Gasteiger partial charge is 0.321 e. The highest BCUT2D eigenvalue weighted by Crippen LogP contribution is 2.23. The number of nitrogens with one attached hydrogen (secondary N) is 1. The van der Waals surface area contributed by atoms with Gasteiger partial charge in [0.05, 0.1) is 18.3 Å². The minimum absolute atomic E-state index is 0.0370. The maximum Gasteiger partial charge on any atom is 0.321 e. The Morgan fingerprint density at radius 2 is 2.00 bits per heavy atom. The number of likely N-dealkylation sites (tertiary alicyclic amines) is 1. The third-order valence-electron chi connectivity index (χ3n) is 3.59. The third-order valence-corrected chi connectivity index (χ3v) is 3.59. The Balaban J connectivity index is 1.57. The van der Waals surface area contributed by atoms with E-state index in [9.17, 15) is 18.7 Å². The summed E-state index contributed by atoms with van der Waals surface area (Å²) in [4.78, 5) is 13.5. The number of urea groups is 1. The first kappa shape index (κ1) is 15.3. The molecule has 7 nitrogen and oxygen atoms in total. The van der Waals surface area contributed by atoms with E-state index in [0.29, 0.717) is 18.8 Å². The summed E-state index contributed by atoms with van der Waals surface area (Å²) in [6.07, 6.45) is 0.929. The van der Waals surface area contributed by atoms with Crippen LogP contribution in [-0.4, -0.2) is 44.1 Å². The van der Waals surface area contributed by atoms with E-state index >= 15 is 0 Å². The number of aliphatic hydroxyl groups excluding tert-OH is 1. The second-order valence-electron chi connectivity index (χ2n) is 5.45. The van der Waals surface area contributed by atoms with E-state index in [-0.39, 0.29) is 11.7 Å². The fourth-order valence-corrected chi connectivity index (χ4v) is 2.28. The summed E-state index contributed by atoms with van der Waals surface area (Å²) in [7, 11) is 0. The lowest BCUT2D eigenvalue weighted by molar-refractivity contribution is 0.127. The zero-order chi connectivity index (χ0) is 16.6. The molecular formula is C14H15F2N5O2. The molecule has 1 fully saturated rings. The van der Waals surface area contributed by atoms with Crippen molar-refractivity contribution in [2.75, 3.05) is 18.4 Å². The van der Waals surface area contributed by atoms with Gasteiger partial charge in [0.25, 0.3) is 0 Å². The summed E-state index contributed by atoms with van der Waals surface area (Å²) in [6.45, 7) is 2.38. The fraction of sp³-hybridized carbons (Fsp3) is 0.357. The number of aromatic nitrogens is 3. The number of nitrogens with zero attached hydrogens (tertiary/aromatic N) is 4. The number of carbonyl (C=O) groups is 1. The zero-order valence-corrected chi connectivity index (χ0v) is 12.3. The summed E-state index contributed by atoms with van der Waals surface area (Å²) in [5, 5.41) is 19.6. The van der Waals surface area contributed by atoms with Crippen LogP contribution < -0.4 is 5.32 Å². The van der Waals surface area contributed by atoms with Crippen LogP contribution in [0.15, 0.2) is 24.4 Å². The predicted molar refractivity (Wildman–Crippen MR) is 76.6 cm³/mol. The first-order valence-electron chi connectivity index (χ1n) is 7.04. The molecule has 23 heavy (non-hydrogen) atoms. The highest BCUT2D eigenvalue weighted by atomic mass is 19.1. The number of hydrogen-bond acceptors (Lipinski definition) is 4. The van der Waals surface area contributed by atoms with Crippen LogP contribution >= 0.6 is 0 Å². The van der Waals surface area contributed by atoms with Gasteiger partial charge >= 0.3 is 6.03 Å². The van der Waals surface area contributed by atoms with Crippen molar-refractivity contribution in [3.63, 3.8) is 0 Å². The van der Waals surface area contributed by atoms with Gasteiger partial charge < -0.3 is 15.3 Å². The minimum Gasteiger partial charge on any atom is -0.387 e. The standard InChI is InChI=1S/C14H15F2N5O2/c1-8(22)13-7-21(19-18-13)12-5-20(6-12)14(23)17-11-3-9(15)2-10(16)4-11/h2-4,7-8,12,22H,5-6H2,1H3,(H,17,23)/t8-/m1/s1. The summed E-state index contributed by atoms with van der Waals surface area (Å²) >= 11 is 0. The average Bonchev–Trinajstić information content (AvgIpc) is 2.85. The molecule has 122 valence electrons. The molecule has 0 spiro atoms. The molecule has 2 N–H and O–H groups in total. The van der Waals surface area contributed by atoms with Crippen LogP contribution in [0.25, 0.3) is 0 Å². The average molecular weight is 323 g/mol. The van der Waals surface area contributed by atoms with Gasteiger partial charge in [0.15, 0.2) is 0 Å². The molecule has 0 unspecified atom stereocenters. The number of carbonyl (C=O) groups excluding carboxylic acids is 1. The van der Waals surface area contributed by atoms with E-state index in [4.69, 9.17) is 0 Å². The molecule has 1 atom stereocenters. The lowest BCUT2D eigenvalue weighted by Crippen LogP contribution is -2.52. The molecule has 0 saturated carbocycles. The molecule has 0 radical (unpaired) electrons. The third kappa shape index (κ3) is 3.29. The number of amides is 2.